The number of ketones is 1. The molecule has 0 spiro atoms. The summed E-state index contributed by atoms with van der Waals surface area (Å²) >= 11 is 0. The Bertz CT molecular complexity index is 1190. The summed E-state index contributed by atoms with van der Waals surface area (Å²) < 4.78 is 6.77. The molecule has 27 heavy (non-hydrogen) atoms. The lowest BCUT2D eigenvalue weighted by molar-refractivity contribution is 0.0308. The van der Waals surface area contributed by atoms with E-state index in [4.69, 9.17) is 4.74 Å². The predicted octanol–water partition coefficient (Wildman–Crippen LogP) is 2.65. The highest BCUT2D eigenvalue weighted by Crippen LogP contribution is 2.20. The highest BCUT2D eigenvalue weighted by atomic mass is 16.5. The zero-order valence-corrected chi connectivity index (χ0v) is 15.1. The monoisotopic (exact) mass is 363 g/mol. The normalized spacial score (nSPS) is 12.4. The molecule has 0 aliphatic carbocycles. The van der Waals surface area contributed by atoms with E-state index in [2.05, 4.69) is 20.1 Å². The number of carbonyl (C=O) groups is 2. The number of Topliss-reactive ketones (excluding diaryl/α,β-unsaturated/α-hetero) is 1. The number of carbonyl (C=O) groups excluding carboxylic acids is 2. The molecule has 0 fully saturated rings. The van der Waals surface area contributed by atoms with E-state index in [-0.39, 0.29) is 11.6 Å². The topological polar surface area (TPSA) is 102 Å². The third-order valence-corrected chi connectivity index (χ3v) is 4.31. The van der Waals surface area contributed by atoms with Crippen molar-refractivity contribution in [3.63, 3.8) is 0 Å². The number of esters is 1. The Labute approximate surface area is 154 Å². The standard InChI is InChI=1S/C19H17N5O3/c1-10-8-11(2)24-19(21-10)22-17(23-24)18(26)27-12(3)16(25)14-9-20-15-7-5-4-6-13(14)15/h4-9,12,20H,1-3H3/t12-/m0/s1. The van der Waals surface area contributed by atoms with Crippen LogP contribution in [0.25, 0.3) is 16.7 Å². The lowest BCUT2D eigenvalue weighted by atomic mass is 10.1. The Kier molecular flexibility index (Phi) is 3.95. The molecule has 0 saturated heterocycles. The minimum atomic E-state index is -0.973. The predicted molar refractivity (Wildman–Crippen MR) is 97.8 cm³/mol. The van der Waals surface area contributed by atoms with Crippen molar-refractivity contribution >= 4 is 28.4 Å². The van der Waals surface area contributed by atoms with Crippen molar-refractivity contribution in [2.45, 2.75) is 26.9 Å². The van der Waals surface area contributed by atoms with Gasteiger partial charge >= 0.3 is 5.97 Å². The van der Waals surface area contributed by atoms with Crippen molar-refractivity contribution in [1.29, 1.82) is 0 Å². The maximum atomic E-state index is 12.7. The van der Waals surface area contributed by atoms with Crippen LogP contribution >= 0.6 is 0 Å². The highest BCUT2D eigenvalue weighted by molar-refractivity contribution is 6.10. The fourth-order valence-corrected chi connectivity index (χ4v) is 3.01. The van der Waals surface area contributed by atoms with Gasteiger partial charge in [-0.05, 0) is 32.9 Å². The zero-order valence-electron chi connectivity index (χ0n) is 15.1. The molecule has 4 rings (SSSR count). The first-order valence-corrected chi connectivity index (χ1v) is 8.46. The Morgan fingerprint density at radius 3 is 2.78 bits per heavy atom. The van der Waals surface area contributed by atoms with Crippen LogP contribution in [0.2, 0.25) is 0 Å². The largest absolute Gasteiger partial charge is 0.448 e. The molecule has 4 aromatic rings. The van der Waals surface area contributed by atoms with Crippen molar-refractivity contribution in [1.82, 2.24) is 24.6 Å². The van der Waals surface area contributed by atoms with Crippen LogP contribution in [-0.2, 0) is 4.74 Å². The third-order valence-electron chi connectivity index (χ3n) is 4.31. The highest BCUT2D eigenvalue weighted by Gasteiger charge is 2.25. The molecule has 3 heterocycles. The molecule has 0 saturated carbocycles. The number of hydrogen-bond donors (Lipinski definition) is 1. The van der Waals surface area contributed by atoms with Crippen molar-refractivity contribution in [3.05, 3.63) is 59.3 Å². The fraction of sp³-hybridized carbons (Fsp3) is 0.211. The summed E-state index contributed by atoms with van der Waals surface area (Å²) in [6.07, 6.45) is 0.649. The van der Waals surface area contributed by atoms with Gasteiger partial charge in [-0.3, -0.25) is 4.79 Å². The molecule has 1 N–H and O–H groups in total. The number of fused-ring (bicyclic) bond motifs is 2. The molecule has 0 radical (unpaired) electrons. The van der Waals surface area contributed by atoms with Gasteiger partial charge in [0, 0.05) is 34.1 Å². The minimum Gasteiger partial charge on any atom is -0.448 e. The van der Waals surface area contributed by atoms with E-state index in [9.17, 15) is 9.59 Å². The number of hydrogen-bond acceptors (Lipinski definition) is 6. The molecule has 0 aliphatic rings. The van der Waals surface area contributed by atoms with Gasteiger partial charge in [0.15, 0.2) is 6.10 Å². The van der Waals surface area contributed by atoms with Crippen LogP contribution in [0.5, 0.6) is 0 Å². The minimum absolute atomic E-state index is 0.130. The molecule has 3 aromatic heterocycles. The summed E-state index contributed by atoms with van der Waals surface area (Å²) in [5.41, 5.74) is 2.89. The average Bonchev–Trinajstić information content (AvgIpc) is 3.25. The number of aryl methyl sites for hydroxylation is 2. The number of para-hydroxylation sites is 1. The zero-order chi connectivity index (χ0) is 19.1. The lowest BCUT2D eigenvalue weighted by Crippen LogP contribution is -2.25. The van der Waals surface area contributed by atoms with Gasteiger partial charge in [0.05, 0.1) is 0 Å². The van der Waals surface area contributed by atoms with Crippen molar-refractivity contribution in [2.75, 3.05) is 0 Å². The Morgan fingerprint density at radius 2 is 1.96 bits per heavy atom. The second kappa shape index (κ2) is 6.31. The number of ether oxygens (including phenoxy) is 1. The van der Waals surface area contributed by atoms with Gasteiger partial charge in [-0.15, -0.1) is 5.10 Å². The van der Waals surface area contributed by atoms with Crippen LogP contribution in [-0.4, -0.2) is 42.4 Å². The van der Waals surface area contributed by atoms with E-state index in [0.717, 1.165) is 22.3 Å². The number of nitrogens with one attached hydrogen (secondary N) is 1. The first kappa shape index (κ1) is 16.9. The first-order valence-electron chi connectivity index (χ1n) is 8.46. The number of rotatable bonds is 4. The van der Waals surface area contributed by atoms with Gasteiger partial charge in [0.25, 0.3) is 11.6 Å². The van der Waals surface area contributed by atoms with Crippen molar-refractivity contribution in [3.8, 4) is 0 Å². The maximum absolute atomic E-state index is 12.7. The van der Waals surface area contributed by atoms with Crippen LogP contribution < -0.4 is 0 Å². The number of aromatic amines is 1. The smallest absolute Gasteiger partial charge is 0.379 e. The van der Waals surface area contributed by atoms with Crippen LogP contribution in [0.1, 0.15) is 39.3 Å². The van der Waals surface area contributed by atoms with E-state index in [1.54, 1.807) is 6.20 Å². The summed E-state index contributed by atoms with van der Waals surface area (Å²) in [6.45, 7) is 5.21. The summed E-state index contributed by atoms with van der Waals surface area (Å²) in [4.78, 5) is 36.5. The van der Waals surface area contributed by atoms with E-state index in [1.807, 2.05) is 44.2 Å². The van der Waals surface area contributed by atoms with Gasteiger partial charge in [-0.25, -0.2) is 14.3 Å². The van der Waals surface area contributed by atoms with Crippen LogP contribution in [0.4, 0.5) is 0 Å². The number of H-pyrrole nitrogens is 1. The Hall–Kier alpha value is -3.55. The molecule has 0 bridgehead atoms. The number of aromatic nitrogens is 5. The Morgan fingerprint density at radius 1 is 1.19 bits per heavy atom. The van der Waals surface area contributed by atoms with Crippen LogP contribution in [0.3, 0.4) is 0 Å². The molecule has 1 atom stereocenters. The van der Waals surface area contributed by atoms with Crippen molar-refractivity contribution in [2.24, 2.45) is 0 Å². The summed E-state index contributed by atoms with van der Waals surface area (Å²) in [7, 11) is 0. The molecular weight excluding hydrogens is 346 g/mol. The van der Waals surface area contributed by atoms with E-state index < -0.39 is 12.1 Å². The van der Waals surface area contributed by atoms with Crippen LogP contribution in [0.15, 0.2) is 36.5 Å². The summed E-state index contributed by atoms with van der Waals surface area (Å²) in [5.74, 6) is -0.877. The van der Waals surface area contributed by atoms with Gasteiger partial charge < -0.3 is 9.72 Å². The molecule has 1 aromatic carbocycles. The van der Waals surface area contributed by atoms with Gasteiger partial charge in [0.1, 0.15) is 0 Å². The van der Waals surface area contributed by atoms with E-state index in [0.29, 0.717) is 11.3 Å². The molecule has 0 amide bonds. The molecule has 8 nitrogen and oxygen atoms in total. The molecule has 0 unspecified atom stereocenters. The Balaban J connectivity index is 1.57. The van der Waals surface area contributed by atoms with Gasteiger partial charge in [0.2, 0.25) is 5.78 Å². The second-order valence-corrected chi connectivity index (χ2v) is 6.35. The maximum Gasteiger partial charge on any atom is 0.379 e. The first-order chi connectivity index (χ1) is 12.9. The van der Waals surface area contributed by atoms with Gasteiger partial charge in [-0.1, -0.05) is 18.2 Å². The molecule has 136 valence electrons. The summed E-state index contributed by atoms with van der Waals surface area (Å²) in [6, 6.07) is 9.28. The molecular formula is C19H17N5O3. The van der Waals surface area contributed by atoms with E-state index >= 15 is 0 Å². The molecule has 0 aliphatic heterocycles. The lowest BCUT2D eigenvalue weighted by Gasteiger charge is -2.10. The van der Waals surface area contributed by atoms with Gasteiger partial charge in [-0.2, -0.15) is 4.98 Å². The third kappa shape index (κ3) is 2.95. The second-order valence-electron chi connectivity index (χ2n) is 6.35. The average molecular weight is 363 g/mol. The molecule has 8 heteroatoms. The van der Waals surface area contributed by atoms with Crippen molar-refractivity contribution < 1.29 is 14.3 Å². The number of benzene rings is 1. The van der Waals surface area contributed by atoms with E-state index in [1.165, 1.54) is 11.4 Å². The van der Waals surface area contributed by atoms with Crippen LogP contribution in [0, 0.1) is 13.8 Å². The fourth-order valence-electron chi connectivity index (χ4n) is 3.01. The summed E-state index contributed by atoms with van der Waals surface area (Å²) in [5, 5.41) is 4.91. The SMILES string of the molecule is Cc1cc(C)n2nc(C(=O)O[C@@H](C)C(=O)c3c[nH]c4ccccc34)nc2n1. The number of nitrogens with zero attached hydrogens (tertiary/aromatic N) is 4. The quantitative estimate of drug-likeness (QED) is 0.442.